The minimum absolute atomic E-state index is 0.0193. The summed E-state index contributed by atoms with van der Waals surface area (Å²) in [6, 6.07) is 3.95. The number of nitrogens with one attached hydrogen (secondary N) is 1. The number of urea groups is 1. The van der Waals surface area contributed by atoms with Gasteiger partial charge in [-0.05, 0) is 38.8 Å². The number of hydrogen-bond donors (Lipinski definition) is 1. The number of furan rings is 1. The SMILES string of the molecule is CC(C)NC(=O)N1CCC2(CCn3c2nc2c(c3=O)CN(Cc3ccco3)CC2)C1. The molecule has 30 heavy (non-hydrogen) atoms. The smallest absolute Gasteiger partial charge is 0.317 e. The minimum atomic E-state index is -0.187. The molecule has 0 aliphatic carbocycles. The maximum atomic E-state index is 13.3. The fourth-order valence-electron chi connectivity index (χ4n) is 5.15. The normalized spacial score (nSPS) is 23.2. The summed E-state index contributed by atoms with van der Waals surface area (Å²) in [7, 11) is 0. The molecule has 0 bridgehead atoms. The zero-order chi connectivity index (χ0) is 20.9. The van der Waals surface area contributed by atoms with Crippen molar-refractivity contribution in [2.75, 3.05) is 19.6 Å². The van der Waals surface area contributed by atoms with Crippen LogP contribution in [0.2, 0.25) is 0 Å². The first-order valence-corrected chi connectivity index (χ1v) is 10.9. The van der Waals surface area contributed by atoms with Gasteiger partial charge in [-0.15, -0.1) is 0 Å². The lowest BCUT2D eigenvalue weighted by Gasteiger charge is -2.29. The molecule has 1 saturated heterocycles. The third-order valence-electron chi connectivity index (χ3n) is 6.70. The van der Waals surface area contributed by atoms with Crippen LogP contribution in [0.3, 0.4) is 0 Å². The van der Waals surface area contributed by atoms with Crippen molar-refractivity contribution in [3.05, 3.63) is 51.6 Å². The molecule has 3 aliphatic rings. The zero-order valence-corrected chi connectivity index (χ0v) is 17.7. The topological polar surface area (TPSA) is 83.6 Å². The molecule has 0 saturated carbocycles. The Morgan fingerprint density at radius 3 is 2.90 bits per heavy atom. The number of nitrogens with zero attached hydrogens (tertiary/aromatic N) is 4. The van der Waals surface area contributed by atoms with E-state index in [0.717, 1.165) is 48.6 Å². The molecule has 5 heterocycles. The van der Waals surface area contributed by atoms with Gasteiger partial charge in [-0.25, -0.2) is 9.78 Å². The summed E-state index contributed by atoms with van der Waals surface area (Å²) in [4.78, 5) is 35.0. The quantitative estimate of drug-likeness (QED) is 0.834. The predicted molar refractivity (Wildman–Crippen MR) is 111 cm³/mol. The summed E-state index contributed by atoms with van der Waals surface area (Å²) in [5.74, 6) is 1.81. The first kappa shape index (κ1) is 19.4. The summed E-state index contributed by atoms with van der Waals surface area (Å²) in [5, 5.41) is 2.98. The van der Waals surface area contributed by atoms with E-state index < -0.39 is 0 Å². The van der Waals surface area contributed by atoms with Gasteiger partial charge in [-0.2, -0.15) is 0 Å². The summed E-state index contributed by atoms with van der Waals surface area (Å²) in [6.07, 6.45) is 4.20. The Morgan fingerprint density at radius 2 is 2.13 bits per heavy atom. The third-order valence-corrected chi connectivity index (χ3v) is 6.70. The largest absolute Gasteiger partial charge is 0.468 e. The van der Waals surface area contributed by atoms with E-state index in [1.165, 1.54) is 0 Å². The molecule has 1 fully saturated rings. The van der Waals surface area contributed by atoms with E-state index >= 15 is 0 Å². The van der Waals surface area contributed by atoms with E-state index in [9.17, 15) is 9.59 Å². The number of amides is 2. The lowest BCUT2D eigenvalue weighted by atomic mass is 9.85. The molecule has 3 aliphatic heterocycles. The van der Waals surface area contributed by atoms with E-state index in [2.05, 4.69) is 10.2 Å². The first-order chi connectivity index (χ1) is 14.4. The molecular weight excluding hydrogens is 382 g/mol. The highest BCUT2D eigenvalue weighted by molar-refractivity contribution is 5.75. The van der Waals surface area contributed by atoms with Crippen LogP contribution in [-0.4, -0.2) is 51.1 Å². The van der Waals surface area contributed by atoms with Gasteiger partial charge in [-0.1, -0.05) is 0 Å². The fourth-order valence-corrected chi connectivity index (χ4v) is 5.15. The third kappa shape index (κ3) is 3.23. The van der Waals surface area contributed by atoms with Gasteiger partial charge in [0.25, 0.3) is 5.56 Å². The van der Waals surface area contributed by atoms with Crippen LogP contribution in [0, 0.1) is 0 Å². The average Bonchev–Trinajstić information content (AvgIpc) is 3.44. The van der Waals surface area contributed by atoms with Gasteiger partial charge in [0, 0.05) is 50.6 Å². The van der Waals surface area contributed by atoms with Crippen molar-refractivity contribution in [2.24, 2.45) is 0 Å². The molecule has 2 aromatic heterocycles. The molecule has 0 radical (unpaired) electrons. The van der Waals surface area contributed by atoms with E-state index in [1.54, 1.807) is 6.26 Å². The molecule has 1 spiro atoms. The lowest BCUT2D eigenvalue weighted by molar-refractivity contribution is 0.202. The molecule has 1 atom stereocenters. The Labute approximate surface area is 175 Å². The second-order valence-electron chi connectivity index (χ2n) is 9.16. The van der Waals surface area contributed by atoms with Gasteiger partial charge in [-0.3, -0.25) is 14.3 Å². The lowest BCUT2D eigenvalue weighted by Crippen LogP contribution is -2.43. The van der Waals surface area contributed by atoms with Crippen LogP contribution in [-0.2, 0) is 31.5 Å². The highest BCUT2D eigenvalue weighted by Crippen LogP contribution is 2.41. The second kappa shape index (κ2) is 7.27. The molecule has 8 nitrogen and oxygen atoms in total. The number of carbonyl (C=O) groups is 1. The summed E-state index contributed by atoms with van der Waals surface area (Å²) in [6.45, 7) is 8.15. The van der Waals surface area contributed by atoms with Gasteiger partial charge in [0.2, 0.25) is 0 Å². The van der Waals surface area contributed by atoms with Crippen molar-refractivity contribution in [1.82, 2.24) is 24.7 Å². The fraction of sp³-hybridized carbons (Fsp3) is 0.591. The van der Waals surface area contributed by atoms with Crippen molar-refractivity contribution in [1.29, 1.82) is 0 Å². The van der Waals surface area contributed by atoms with E-state index in [-0.39, 0.29) is 23.0 Å². The van der Waals surface area contributed by atoms with Crippen molar-refractivity contribution in [3.63, 3.8) is 0 Å². The van der Waals surface area contributed by atoms with Gasteiger partial charge < -0.3 is 14.6 Å². The molecular formula is C22H29N5O3. The number of aromatic nitrogens is 2. The number of hydrogen-bond acceptors (Lipinski definition) is 5. The van der Waals surface area contributed by atoms with Gasteiger partial charge in [0.1, 0.15) is 11.6 Å². The molecule has 1 N–H and O–H groups in total. The zero-order valence-electron chi connectivity index (χ0n) is 17.7. The van der Waals surface area contributed by atoms with Crippen molar-refractivity contribution < 1.29 is 9.21 Å². The van der Waals surface area contributed by atoms with E-state index in [4.69, 9.17) is 9.40 Å². The highest BCUT2D eigenvalue weighted by Gasteiger charge is 2.48. The van der Waals surface area contributed by atoms with Crippen LogP contribution in [0.4, 0.5) is 4.79 Å². The first-order valence-electron chi connectivity index (χ1n) is 10.9. The number of carbonyl (C=O) groups excluding carboxylic acids is 1. The van der Waals surface area contributed by atoms with Crippen molar-refractivity contribution in [2.45, 2.75) is 64.2 Å². The molecule has 2 amide bonds. The van der Waals surface area contributed by atoms with Gasteiger partial charge in [0.15, 0.2) is 0 Å². The summed E-state index contributed by atoms with van der Waals surface area (Å²) < 4.78 is 7.34. The molecule has 0 aromatic carbocycles. The Balaban J connectivity index is 1.39. The Hall–Kier alpha value is -2.61. The second-order valence-corrected chi connectivity index (χ2v) is 9.16. The summed E-state index contributed by atoms with van der Waals surface area (Å²) >= 11 is 0. The van der Waals surface area contributed by atoms with Crippen LogP contribution in [0.25, 0.3) is 0 Å². The number of rotatable bonds is 3. The van der Waals surface area contributed by atoms with E-state index in [0.29, 0.717) is 32.7 Å². The summed E-state index contributed by atoms with van der Waals surface area (Å²) in [5.41, 5.74) is 1.67. The number of likely N-dealkylation sites (tertiary alicyclic amines) is 1. The van der Waals surface area contributed by atoms with Crippen molar-refractivity contribution >= 4 is 6.03 Å². The Bertz CT molecular complexity index is 1010. The standard InChI is InChI=1S/C22H29N5O3/c1-15(2)23-21(29)26-9-6-22(14-26)7-10-27-19(28)17-13-25(12-16-4-3-11-30-16)8-5-18(17)24-20(22)27/h3-4,11,15H,5-10,12-14H2,1-2H3,(H,23,29). The van der Waals surface area contributed by atoms with Crippen LogP contribution in [0.1, 0.15) is 49.5 Å². The minimum Gasteiger partial charge on any atom is -0.468 e. The van der Waals surface area contributed by atoms with Crippen LogP contribution < -0.4 is 10.9 Å². The maximum absolute atomic E-state index is 13.3. The molecule has 8 heteroatoms. The van der Waals surface area contributed by atoms with Gasteiger partial charge in [0.05, 0.1) is 24.1 Å². The monoisotopic (exact) mass is 411 g/mol. The number of fused-ring (bicyclic) bond motifs is 3. The van der Waals surface area contributed by atoms with Crippen LogP contribution in [0.15, 0.2) is 27.6 Å². The molecule has 1 unspecified atom stereocenters. The maximum Gasteiger partial charge on any atom is 0.317 e. The van der Waals surface area contributed by atoms with E-state index in [1.807, 2.05) is 35.4 Å². The Morgan fingerprint density at radius 1 is 1.30 bits per heavy atom. The van der Waals surface area contributed by atoms with Gasteiger partial charge >= 0.3 is 6.03 Å². The molecule has 160 valence electrons. The molecule has 5 rings (SSSR count). The Kier molecular flexibility index (Phi) is 4.69. The van der Waals surface area contributed by atoms with Crippen LogP contribution in [0.5, 0.6) is 0 Å². The molecule has 2 aromatic rings. The van der Waals surface area contributed by atoms with Crippen LogP contribution >= 0.6 is 0 Å². The highest BCUT2D eigenvalue weighted by atomic mass is 16.3. The van der Waals surface area contributed by atoms with Crippen molar-refractivity contribution in [3.8, 4) is 0 Å². The average molecular weight is 412 g/mol. The predicted octanol–water partition coefficient (Wildman–Crippen LogP) is 1.86.